The molecule has 0 aliphatic rings. The summed E-state index contributed by atoms with van der Waals surface area (Å²) in [6.45, 7) is 1.49. The molecule has 19 heavy (non-hydrogen) atoms. The maximum Gasteiger partial charge on any atom is 0.275 e. The lowest BCUT2D eigenvalue weighted by atomic mass is 10.2. The predicted molar refractivity (Wildman–Crippen MR) is 66.5 cm³/mol. The maximum atomic E-state index is 13.7. The van der Waals surface area contributed by atoms with Crippen LogP contribution in [0.25, 0.3) is 0 Å². The van der Waals surface area contributed by atoms with Crippen molar-refractivity contribution in [3.8, 4) is 11.6 Å². The molecular weight excluding hydrogens is 253 g/mol. The van der Waals surface area contributed by atoms with E-state index in [0.717, 1.165) is 6.07 Å². The Balaban J connectivity index is 2.39. The smallest absolute Gasteiger partial charge is 0.275 e. The van der Waals surface area contributed by atoms with Crippen molar-refractivity contribution in [2.45, 2.75) is 6.92 Å². The zero-order valence-electron chi connectivity index (χ0n) is 9.96. The fraction of sp³-hybridized carbons (Fsp3) is 0.0833. The lowest BCUT2D eigenvalue weighted by molar-refractivity contribution is -0.385. The van der Waals surface area contributed by atoms with Crippen molar-refractivity contribution in [3.63, 3.8) is 0 Å². The van der Waals surface area contributed by atoms with Crippen molar-refractivity contribution < 1.29 is 14.1 Å². The summed E-state index contributed by atoms with van der Waals surface area (Å²) in [5, 5.41) is 10.7. The Hall–Kier alpha value is -2.70. The van der Waals surface area contributed by atoms with E-state index in [4.69, 9.17) is 10.5 Å². The quantitative estimate of drug-likeness (QED) is 0.679. The fourth-order valence-electron chi connectivity index (χ4n) is 1.51. The number of rotatable bonds is 3. The second-order valence-electron chi connectivity index (χ2n) is 3.83. The Morgan fingerprint density at radius 3 is 2.84 bits per heavy atom. The molecule has 0 amide bonds. The third-order valence-electron chi connectivity index (χ3n) is 2.45. The summed E-state index contributed by atoms with van der Waals surface area (Å²) in [6.07, 6.45) is 1.45. The monoisotopic (exact) mass is 263 g/mol. The number of pyridine rings is 1. The Bertz CT molecular complexity index is 646. The molecule has 0 radical (unpaired) electrons. The molecular formula is C12H10FN3O3. The summed E-state index contributed by atoms with van der Waals surface area (Å²) < 4.78 is 18.9. The van der Waals surface area contributed by atoms with Crippen LogP contribution in [0.15, 0.2) is 30.5 Å². The Labute approximate surface area is 107 Å². The zero-order chi connectivity index (χ0) is 14.0. The van der Waals surface area contributed by atoms with Crippen LogP contribution in [-0.2, 0) is 0 Å². The van der Waals surface area contributed by atoms with Gasteiger partial charge in [0.1, 0.15) is 0 Å². The number of aryl methyl sites for hydroxylation is 1. The number of anilines is 1. The number of aromatic nitrogens is 1. The number of nitrogen functional groups attached to an aromatic ring is 1. The Morgan fingerprint density at radius 2 is 2.21 bits per heavy atom. The van der Waals surface area contributed by atoms with Gasteiger partial charge in [0, 0.05) is 11.8 Å². The molecule has 1 aromatic carbocycles. The first-order valence-electron chi connectivity index (χ1n) is 5.32. The van der Waals surface area contributed by atoms with E-state index >= 15 is 0 Å². The van der Waals surface area contributed by atoms with E-state index < -0.39 is 10.7 Å². The van der Waals surface area contributed by atoms with E-state index in [2.05, 4.69) is 4.98 Å². The number of benzene rings is 1. The lowest BCUT2D eigenvalue weighted by Crippen LogP contribution is -1.98. The van der Waals surface area contributed by atoms with Gasteiger partial charge in [0.2, 0.25) is 5.88 Å². The van der Waals surface area contributed by atoms with Gasteiger partial charge < -0.3 is 10.5 Å². The van der Waals surface area contributed by atoms with Gasteiger partial charge in [0.05, 0.1) is 16.7 Å². The van der Waals surface area contributed by atoms with Crippen molar-refractivity contribution in [1.82, 2.24) is 4.98 Å². The van der Waals surface area contributed by atoms with Crippen molar-refractivity contribution >= 4 is 11.4 Å². The second kappa shape index (κ2) is 4.89. The van der Waals surface area contributed by atoms with Gasteiger partial charge in [-0.3, -0.25) is 10.1 Å². The van der Waals surface area contributed by atoms with Gasteiger partial charge in [0.15, 0.2) is 11.6 Å². The van der Waals surface area contributed by atoms with E-state index in [1.165, 1.54) is 19.2 Å². The molecule has 0 unspecified atom stereocenters. The van der Waals surface area contributed by atoms with E-state index in [-0.39, 0.29) is 28.6 Å². The molecule has 0 spiro atoms. The van der Waals surface area contributed by atoms with Crippen LogP contribution in [0.3, 0.4) is 0 Å². The van der Waals surface area contributed by atoms with E-state index in [1.807, 2.05) is 0 Å². The molecule has 1 aromatic heterocycles. The van der Waals surface area contributed by atoms with Gasteiger partial charge in [-0.25, -0.2) is 9.37 Å². The summed E-state index contributed by atoms with van der Waals surface area (Å²) in [5.74, 6) is -0.953. The van der Waals surface area contributed by atoms with Gasteiger partial charge in [-0.2, -0.15) is 0 Å². The molecule has 7 heteroatoms. The summed E-state index contributed by atoms with van der Waals surface area (Å²) in [7, 11) is 0. The normalized spacial score (nSPS) is 10.2. The van der Waals surface area contributed by atoms with Crippen molar-refractivity contribution in [2.75, 3.05) is 5.73 Å². The summed E-state index contributed by atoms with van der Waals surface area (Å²) in [6, 6.07) is 5.21. The van der Waals surface area contributed by atoms with E-state index in [9.17, 15) is 14.5 Å². The number of hydrogen-bond acceptors (Lipinski definition) is 5. The molecule has 0 aliphatic heterocycles. The van der Waals surface area contributed by atoms with Crippen LogP contribution in [0.5, 0.6) is 11.6 Å². The first kappa shape index (κ1) is 12.7. The highest BCUT2D eigenvalue weighted by Gasteiger charge is 2.17. The molecule has 0 bridgehead atoms. The lowest BCUT2D eigenvalue weighted by Gasteiger charge is -2.08. The molecule has 0 fully saturated rings. The molecule has 0 atom stereocenters. The fourth-order valence-corrected chi connectivity index (χ4v) is 1.51. The minimum Gasteiger partial charge on any atom is -0.434 e. The average Bonchev–Trinajstić information content (AvgIpc) is 2.35. The van der Waals surface area contributed by atoms with E-state index in [1.54, 1.807) is 12.1 Å². The van der Waals surface area contributed by atoms with Crippen LogP contribution < -0.4 is 10.5 Å². The number of nitro groups is 1. The van der Waals surface area contributed by atoms with Crippen LogP contribution in [0.1, 0.15) is 5.56 Å². The molecule has 1 heterocycles. The van der Waals surface area contributed by atoms with Crippen LogP contribution in [0.4, 0.5) is 15.8 Å². The molecule has 98 valence electrons. The highest BCUT2D eigenvalue weighted by Crippen LogP contribution is 2.31. The molecule has 0 aliphatic carbocycles. The molecule has 2 rings (SSSR count). The third-order valence-corrected chi connectivity index (χ3v) is 2.45. The van der Waals surface area contributed by atoms with Crippen LogP contribution in [0, 0.1) is 22.9 Å². The molecule has 0 saturated carbocycles. The molecule has 2 N–H and O–H groups in total. The minimum atomic E-state index is -0.845. The largest absolute Gasteiger partial charge is 0.434 e. The van der Waals surface area contributed by atoms with Gasteiger partial charge in [-0.1, -0.05) is 0 Å². The molecule has 2 aromatic rings. The van der Waals surface area contributed by atoms with Crippen molar-refractivity contribution in [3.05, 3.63) is 52.0 Å². The van der Waals surface area contributed by atoms with E-state index in [0.29, 0.717) is 0 Å². The van der Waals surface area contributed by atoms with Crippen LogP contribution in [-0.4, -0.2) is 9.91 Å². The first-order valence-corrected chi connectivity index (χ1v) is 5.32. The number of nitrogens with zero attached hydrogens (tertiary/aromatic N) is 2. The summed E-state index contributed by atoms with van der Waals surface area (Å²) in [4.78, 5) is 13.9. The van der Waals surface area contributed by atoms with Gasteiger partial charge in [-0.15, -0.1) is 0 Å². The zero-order valence-corrected chi connectivity index (χ0v) is 9.96. The highest BCUT2D eigenvalue weighted by atomic mass is 19.1. The SMILES string of the molecule is Cc1cc(Oc2ncccc2N)c(F)cc1[N+](=O)[O-]. The maximum absolute atomic E-state index is 13.7. The first-order chi connectivity index (χ1) is 8.99. The number of nitro benzene ring substituents is 1. The summed E-state index contributed by atoms with van der Waals surface area (Å²) in [5.41, 5.74) is 5.85. The Morgan fingerprint density at radius 1 is 1.47 bits per heavy atom. The molecule has 0 saturated heterocycles. The van der Waals surface area contributed by atoms with Gasteiger partial charge in [-0.05, 0) is 25.1 Å². The number of hydrogen-bond donors (Lipinski definition) is 1. The number of nitrogens with two attached hydrogens (primary N) is 1. The van der Waals surface area contributed by atoms with Gasteiger partial charge >= 0.3 is 0 Å². The van der Waals surface area contributed by atoms with Crippen LogP contribution >= 0.6 is 0 Å². The third kappa shape index (κ3) is 2.59. The standard InChI is InChI=1S/C12H10FN3O3/c1-7-5-11(8(13)6-10(7)16(17)18)19-12-9(14)3-2-4-15-12/h2-6H,14H2,1H3. The number of ether oxygens (including phenoxy) is 1. The average molecular weight is 263 g/mol. The number of halogens is 1. The second-order valence-corrected chi connectivity index (χ2v) is 3.83. The highest BCUT2D eigenvalue weighted by molar-refractivity contribution is 5.51. The predicted octanol–water partition coefficient (Wildman–Crippen LogP) is 2.81. The Kier molecular flexibility index (Phi) is 3.28. The van der Waals surface area contributed by atoms with Crippen molar-refractivity contribution in [2.24, 2.45) is 0 Å². The minimum absolute atomic E-state index is 0.0506. The molecule has 6 nitrogen and oxygen atoms in total. The van der Waals surface area contributed by atoms with Crippen molar-refractivity contribution in [1.29, 1.82) is 0 Å². The van der Waals surface area contributed by atoms with Crippen LogP contribution in [0.2, 0.25) is 0 Å². The topological polar surface area (TPSA) is 91.3 Å². The van der Waals surface area contributed by atoms with Gasteiger partial charge in [0.25, 0.3) is 5.69 Å². The summed E-state index contributed by atoms with van der Waals surface area (Å²) >= 11 is 0.